The lowest BCUT2D eigenvalue weighted by molar-refractivity contribution is -0.149. The number of nitrogen functional groups attached to an aromatic ring is 1. The summed E-state index contributed by atoms with van der Waals surface area (Å²) in [5, 5.41) is 5.43. The second kappa shape index (κ2) is 18.0. The predicted octanol–water partition coefficient (Wildman–Crippen LogP) is 4.61. The van der Waals surface area contributed by atoms with Crippen molar-refractivity contribution in [3.05, 3.63) is 58.1 Å². The van der Waals surface area contributed by atoms with E-state index in [4.69, 9.17) is 24.5 Å². The monoisotopic (exact) mass is 757 g/mol. The van der Waals surface area contributed by atoms with Gasteiger partial charge in [0, 0.05) is 6.20 Å². The SMILES string of the molecule is CCC(CC)COC(=O)[C@H](Cc1ccccc1)N[PH](=O)OCC1(COC(=O)[C@@H](NC(=O)OC(C)(C)C)C(C)C)C/C1=C/n1cnc2c(=O)[nH]c(N)nc21. The molecule has 2 unspecified atom stereocenters. The molecule has 1 aliphatic carbocycles. The summed E-state index contributed by atoms with van der Waals surface area (Å²) in [4.78, 5) is 62.3. The Hall–Kier alpha value is -4.53. The molecule has 2 heterocycles. The van der Waals surface area contributed by atoms with Crippen molar-refractivity contribution < 1.29 is 37.7 Å². The molecule has 290 valence electrons. The minimum atomic E-state index is -3.06. The Morgan fingerprint density at radius 3 is 2.43 bits per heavy atom. The Morgan fingerprint density at radius 1 is 1.09 bits per heavy atom. The highest BCUT2D eigenvalue weighted by atomic mass is 31.1. The Bertz CT molecular complexity index is 1850. The molecule has 3 aromatic rings. The van der Waals surface area contributed by atoms with E-state index >= 15 is 0 Å². The number of ether oxygens (including phenoxy) is 3. The first-order valence-electron chi connectivity index (χ1n) is 17.8. The molecule has 0 spiro atoms. The smallest absolute Gasteiger partial charge is 0.408 e. The van der Waals surface area contributed by atoms with E-state index in [1.54, 1.807) is 40.8 Å². The number of anilines is 1. The van der Waals surface area contributed by atoms with Gasteiger partial charge in [0.2, 0.25) is 5.95 Å². The summed E-state index contributed by atoms with van der Waals surface area (Å²) in [6.45, 7) is 12.6. The molecular weight excluding hydrogens is 705 g/mol. The zero-order valence-electron chi connectivity index (χ0n) is 31.4. The highest BCUT2D eigenvalue weighted by molar-refractivity contribution is 7.36. The molecule has 0 radical (unpaired) electrons. The van der Waals surface area contributed by atoms with Gasteiger partial charge in [-0.05, 0) is 56.6 Å². The zero-order valence-corrected chi connectivity index (χ0v) is 32.4. The number of hydrogen-bond donors (Lipinski definition) is 4. The molecule has 4 rings (SSSR count). The van der Waals surface area contributed by atoms with Gasteiger partial charge in [0.25, 0.3) is 13.7 Å². The third-order valence-electron chi connectivity index (χ3n) is 8.87. The number of imidazole rings is 1. The summed E-state index contributed by atoms with van der Waals surface area (Å²) in [6, 6.07) is 7.33. The van der Waals surface area contributed by atoms with Crippen LogP contribution in [0.25, 0.3) is 17.4 Å². The third kappa shape index (κ3) is 11.7. The number of fused-ring (bicyclic) bond motifs is 1. The first-order chi connectivity index (χ1) is 25.0. The molecule has 0 bridgehead atoms. The van der Waals surface area contributed by atoms with Crippen LogP contribution in [0.1, 0.15) is 73.3 Å². The second-order valence-corrected chi connectivity index (χ2v) is 15.8. The van der Waals surface area contributed by atoms with Crippen molar-refractivity contribution >= 4 is 49.5 Å². The Kier molecular flexibility index (Phi) is 14.0. The van der Waals surface area contributed by atoms with Gasteiger partial charge in [0.1, 0.15) is 30.6 Å². The molecule has 1 aromatic carbocycles. The van der Waals surface area contributed by atoms with Crippen LogP contribution in [0.4, 0.5) is 10.7 Å². The Labute approximate surface area is 309 Å². The molecule has 0 saturated heterocycles. The van der Waals surface area contributed by atoms with Crippen LogP contribution in [0.3, 0.4) is 0 Å². The van der Waals surface area contributed by atoms with Crippen LogP contribution >= 0.6 is 8.18 Å². The first-order valence-corrected chi connectivity index (χ1v) is 19.1. The van der Waals surface area contributed by atoms with Gasteiger partial charge in [0.15, 0.2) is 11.2 Å². The molecule has 1 saturated carbocycles. The van der Waals surface area contributed by atoms with E-state index in [0.29, 0.717) is 12.0 Å². The van der Waals surface area contributed by atoms with Crippen molar-refractivity contribution in [3.63, 3.8) is 0 Å². The molecule has 17 heteroatoms. The summed E-state index contributed by atoms with van der Waals surface area (Å²) >= 11 is 0. The van der Waals surface area contributed by atoms with E-state index in [-0.39, 0.29) is 55.2 Å². The standard InChI is InChI=1S/C36H52N7O9P/c1-8-23(9-2)18-49-31(45)26(15-24-13-11-10-12-14-24)42-53(48)51-20-36(19-50-32(46)27(22(3)4)39-34(47)52-35(5,6)7)16-25(36)17-43-21-38-28-29(43)40-33(37)41-30(28)44/h10-14,17,21-23,26-27,53H,8-9,15-16,18-20H2,1-7H3,(H,39,47)(H,42,48)(H3,37,40,41,44)/b25-17-/t26-,27-,36?/m0/s1. The van der Waals surface area contributed by atoms with Crippen molar-refractivity contribution in [2.45, 2.75) is 91.8 Å². The number of amides is 1. The van der Waals surface area contributed by atoms with Gasteiger partial charge in [-0.1, -0.05) is 70.9 Å². The number of nitrogens with two attached hydrogens (primary N) is 1. The van der Waals surface area contributed by atoms with Gasteiger partial charge in [-0.15, -0.1) is 0 Å². The highest BCUT2D eigenvalue weighted by Crippen LogP contribution is 2.54. The van der Waals surface area contributed by atoms with Crippen LogP contribution < -0.4 is 21.7 Å². The van der Waals surface area contributed by atoms with Crippen LogP contribution in [0.15, 0.2) is 47.0 Å². The number of nitrogens with zero attached hydrogens (tertiary/aromatic N) is 3. The maximum atomic E-state index is 13.5. The van der Waals surface area contributed by atoms with Crippen molar-refractivity contribution in [1.82, 2.24) is 29.9 Å². The highest BCUT2D eigenvalue weighted by Gasteiger charge is 2.51. The topological polar surface area (TPSA) is 219 Å². The average molecular weight is 758 g/mol. The number of aromatic nitrogens is 4. The van der Waals surface area contributed by atoms with Gasteiger partial charge in [-0.25, -0.2) is 19.7 Å². The van der Waals surface area contributed by atoms with Crippen LogP contribution in [-0.2, 0) is 39.3 Å². The predicted molar refractivity (Wildman–Crippen MR) is 200 cm³/mol. The van der Waals surface area contributed by atoms with E-state index in [1.165, 1.54) is 10.9 Å². The number of benzene rings is 1. The van der Waals surface area contributed by atoms with E-state index in [9.17, 15) is 23.7 Å². The summed E-state index contributed by atoms with van der Waals surface area (Å²) in [7, 11) is -3.06. The number of hydrogen-bond acceptors (Lipinski definition) is 12. The Balaban J connectivity index is 1.53. The minimum Gasteiger partial charge on any atom is -0.464 e. The lowest BCUT2D eigenvalue weighted by Crippen LogP contribution is -2.47. The molecular formula is C36H52N7O9P. The van der Waals surface area contributed by atoms with Crippen LogP contribution in [-0.4, -0.2) is 75.1 Å². The molecule has 0 aliphatic heterocycles. The lowest BCUT2D eigenvalue weighted by Gasteiger charge is -2.25. The normalized spacial score (nSPS) is 18.2. The molecule has 1 amide bonds. The van der Waals surface area contributed by atoms with Crippen LogP contribution in [0, 0.1) is 17.3 Å². The lowest BCUT2D eigenvalue weighted by atomic mass is 10.0. The van der Waals surface area contributed by atoms with Gasteiger partial charge in [-0.3, -0.25) is 23.7 Å². The molecule has 5 N–H and O–H groups in total. The zero-order chi connectivity index (χ0) is 38.9. The molecule has 53 heavy (non-hydrogen) atoms. The van der Waals surface area contributed by atoms with E-state index in [2.05, 4.69) is 25.4 Å². The van der Waals surface area contributed by atoms with Crippen molar-refractivity contribution in [3.8, 4) is 0 Å². The number of carbonyl (C=O) groups is 3. The molecule has 16 nitrogen and oxygen atoms in total. The molecule has 2 aromatic heterocycles. The maximum absolute atomic E-state index is 13.5. The van der Waals surface area contributed by atoms with Crippen molar-refractivity contribution in [2.75, 3.05) is 25.6 Å². The van der Waals surface area contributed by atoms with E-state index < -0.39 is 54.9 Å². The van der Waals surface area contributed by atoms with Gasteiger partial charge in [0.05, 0.1) is 18.6 Å². The number of carbonyl (C=O) groups excluding carboxylic acids is 3. The van der Waals surface area contributed by atoms with Crippen molar-refractivity contribution in [2.24, 2.45) is 17.3 Å². The molecule has 1 aliphatic rings. The quantitative estimate of drug-likeness (QED) is 0.0793. The minimum absolute atomic E-state index is 0.0766. The maximum Gasteiger partial charge on any atom is 0.408 e. The first kappa shape index (κ1) is 41.2. The molecule has 1 fully saturated rings. The molecule has 4 atom stereocenters. The fraction of sp³-hybridized carbons (Fsp3) is 0.556. The fourth-order valence-corrected chi connectivity index (χ4v) is 6.52. The van der Waals surface area contributed by atoms with Crippen molar-refractivity contribution in [1.29, 1.82) is 0 Å². The largest absolute Gasteiger partial charge is 0.464 e. The number of H-pyrrole nitrogens is 1. The van der Waals surface area contributed by atoms with E-state index in [0.717, 1.165) is 18.4 Å². The number of rotatable bonds is 18. The second-order valence-electron chi connectivity index (χ2n) is 14.6. The van der Waals surface area contributed by atoms with Gasteiger partial charge < -0.3 is 29.8 Å². The van der Waals surface area contributed by atoms with Crippen LogP contribution in [0.2, 0.25) is 0 Å². The fourth-order valence-electron chi connectivity index (χ4n) is 5.52. The van der Waals surface area contributed by atoms with Crippen LogP contribution in [0.5, 0.6) is 0 Å². The van der Waals surface area contributed by atoms with Gasteiger partial charge in [-0.2, -0.15) is 4.98 Å². The number of alkyl carbamates (subject to hydrolysis) is 1. The Morgan fingerprint density at radius 2 is 1.79 bits per heavy atom. The number of aromatic amines is 1. The third-order valence-corrected chi connectivity index (χ3v) is 9.86. The van der Waals surface area contributed by atoms with E-state index in [1.807, 2.05) is 44.2 Å². The summed E-state index contributed by atoms with van der Waals surface area (Å²) in [5.41, 5.74) is 5.40. The summed E-state index contributed by atoms with van der Waals surface area (Å²) in [6.07, 6.45) is 4.60. The number of esters is 2. The number of nitrogens with one attached hydrogen (secondary N) is 3. The average Bonchev–Trinajstić information content (AvgIpc) is 3.62. The van der Waals surface area contributed by atoms with Gasteiger partial charge >= 0.3 is 18.0 Å². The summed E-state index contributed by atoms with van der Waals surface area (Å²) < 4.78 is 37.6. The summed E-state index contributed by atoms with van der Waals surface area (Å²) in [5.74, 6) is -1.45.